The van der Waals surface area contributed by atoms with Crippen molar-refractivity contribution in [3.63, 3.8) is 0 Å². The van der Waals surface area contributed by atoms with Crippen LogP contribution in [0.5, 0.6) is 11.5 Å². The molecule has 0 aromatic heterocycles. The topological polar surface area (TPSA) is 88.0 Å². The molecule has 1 fully saturated rings. The molecule has 6 heteroatoms. The molecule has 4 unspecified atom stereocenters. The van der Waals surface area contributed by atoms with E-state index in [-0.39, 0.29) is 24.0 Å². The lowest BCUT2D eigenvalue weighted by atomic mass is 9.49. The molecule has 1 aromatic rings. The first-order chi connectivity index (χ1) is 10.6. The van der Waals surface area contributed by atoms with Crippen LogP contribution in [-0.4, -0.2) is 28.6 Å². The fraction of sp³-hybridized carbons (Fsp3) is 0.438. The molecule has 2 heterocycles. The highest BCUT2D eigenvalue weighted by atomic mass is 16.5. The maximum absolute atomic E-state index is 12.5. The highest BCUT2D eigenvalue weighted by Crippen LogP contribution is 2.63. The van der Waals surface area contributed by atoms with E-state index in [1.165, 1.54) is 0 Å². The first-order valence-electron chi connectivity index (χ1n) is 7.47. The molecule has 4 atom stereocenters. The predicted octanol–water partition coefficient (Wildman–Crippen LogP) is 1.30. The summed E-state index contributed by atoms with van der Waals surface area (Å²) in [5.74, 6) is 0.323. The second kappa shape index (κ2) is 3.51. The van der Waals surface area contributed by atoms with Gasteiger partial charge in [-0.05, 0) is 30.7 Å². The van der Waals surface area contributed by atoms with Gasteiger partial charge in [0.15, 0.2) is 23.4 Å². The fourth-order valence-corrected chi connectivity index (χ4v) is 4.96. The highest BCUT2D eigenvalue weighted by molar-refractivity contribution is 5.91. The Bertz CT molecular complexity index is 774. The van der Waals surface area contributed by atoms with E-state index in [1.54, 1.807) is 12.3 Å². The van der Waals surface area contributed by atoms with Crippen molar-refractivity contribution in [1.29, 1.82) is 0 Å². The molecular weight excluding hydrogens is 284 g/mol. The molecule has 1 spiro atoms. The lowest BCUT2D eigenvalue weighted by Gasteiger charge is -2.55. The number of hydrogen-bond donors (Lipinski definition) is 2. The molecule has 0 amide bonds. The number of ether oxygens (including phenoxy) is 1. The van der Waals surface area contributed by atoms with Gasteiger partial charge in [0.1, 0.15) is 5.54 Å². The van der Waals surface area contributed by atoms with Gasteiger partial charge in [-0.15, -0.1) is 0 Å². The first-order valence-corrected chi connectivity index (χ1v) is 7.47. The number of ketones is 1. The average Bonchev–Trinajstić information content (AvgIpc) is 2.86. The monoisotopic (exact) mass is 298 g/mol. The summed E-state index contributed by atoms with van der Waals surface area (Å²) in [5.41, 5.74) is -0.0427. The van der Waals surface area contributed by atoms with Crippen LogP contribution in [0.2, 0.25) is 0 Å². The molecule has 0 saturated heterocycles. The summed E-state index contributed by atoms with van der Waals surface area (Å²) < 4.78 is 5.87. The minimum absolute atomic E-state index is 0.0144. The minimum atomic E-state index is -0.938. The summed E-state index contributed by atoms with van der Waals surface area (Å²) in [4.78, 5) is 24.4. The first kappa shape index (κ1) is 12.2. The lowest BCUT2D eigenvalue weighted by Crippen LogP contribution is -2.72. The number of rotatable bonds is 1. The summed E-state index contributed by atoms with van der Waals surface area (Å²) in [6.07, 6.45) is 4.18. The van der Waals surface area contributed by atoms with Crippen LogP contribution in [0.15, 0.2) is 29.6 Å². The van der Waals surface area contributed by atoms with Crippen LogP contribution in [0.1, 0.15) is 24.0 Å². The Hall–Kier alpha value is -2.37. The SMILES string of the molecule is O=NC12CCC(=O)C3Oc4c(O)ccc5c4C31C=CNC2C5. The Morgan fingerprint density at radius 2 is 2.27 bits per heavy atom. The van der Waals surface area contributed by atoms with Crippen molar-refractivity contribution < 1.29 is 14.6 Å². The molecule has 2 aliphatic carbocycles. The number of nitroso groups, excluding NO2 is 1. The zero-order valence-corrected chi connectivity index (χ0v) is 11.7. The molecule has 2 aliphatic heterocycles. The van der Waals surface area contributed by atoms with Gasteiger partial charge in [-0.3, -0.25) is 4.79 Å². The molecule has 0 radical (unpaired) electrons. The van der Waals surface area contributed by atoms with Crippen LogP contribution in [0, 0.1) is 4.91 Å². The number of phenols is 1. The van der Waals surface area contributed by atoms with Crippen molar-refractivity contribution in [3.8, 4) is 11.5 Å². The number of hydrogen-bond acceptors (Lipinski definition) is 6. The third-order valence-corrected chi connectivity index (χ3v) is 5.85. The van der Waals surface area contributed by atoms with E-state index in [9.17, 15) is 14.8 Å². The quantitative estimate of drug-likeness (QED) is 0.763. The van der Waals surface area contributed by atoms with E-state index in [0.717, 1.165) is 11.1 Å². The molecule has 2 N–H and O–H groups in total. The summed E-state index contributed by atoms with van der Waals surface area (Å²) in [5, 5.41) is 17.0. The van der Waals surface area contributed by atoms with E-state index < -0.39 is 17.1 Å². The Morgan fingerprint density at radius 1 is 1.41 bits per heavy atom. The third kappa shape index (κ3) is 1.01. The Labute approximate surface area is 126 Å². The summed E-state index contributed by atoms with van der Waals surface area (Å²) in [7, 11) is 0. The summed E-state index contributed by atoms with van der Waals surface area (Å²) in [6.45, 7) is 0. The van der Waals surface area contributed by atoms with Gasteiger partial charge < -0.3 is 15.2 Å². The van der Waals surface area contributed by atoms with Crippen LogP contribution in [0.3, 0.4) is 0 Å². The average molecular weight is 298 g/mol. The largest absolute Gasteiger partial charge is 0.504 e. The second-order valence-corrected chi connectivity index (χ2v) is 6.55. The van der Waals surface area contributed by atoms with E-state index in [0.29, 0.717) is 18.6 Å². The number of carbonyl (C=O) groups is 1. The molecule has 1 saturated carbocycles. The standard InChI is InChI=1S/C16H14N2O4/c19-9-2-1-8-7-11-16(18-21)4-3-10(20)14-15(16,5-6-17-11)12(8)13(9)22-14/h1-2,5-6,11,14,17,19H,3-4,7H2. The Kier molecular flexibility index (Phi) is 1.95. The second-order valence-electron chi connectivity index (χ2n) is 6.55. The number of benzene rings is 1. The van der Waals surface area contributed by atoms with E-state index in [4.69, 9.17) is 4.74 Å². The van der Waals surface area contributed by atoms with Crippen molar-refractivity contribution in [2.45, 2.75) is 42.4 Å². The van der Waals surface area contributed by atoms with Gasteiger partial charge in [-0.2, -0.15) is 4.91 Å². The number of aromatic hydroxyl groups is 1. The highest BCUT2D eigenvalue weighted by Gasteiger charge is 2.72. The molecule has 6 nitrogen and oxygen atoms in total. The molecule has 4 aliphatic rings. The molecule has 112 valence electrons. The van der Waals surface area contributed by atoms with Gasteiger partial charge in [0, 0.05) is 12.0 Å². The predicted molar refractivity (Wildman–Crippen MR) is 76.7 cm³/mol. The normalized spacial score (nSPS) is 39.7. The van der Waals surface area contributed by atoms with Crippen LogP contribution in [-0.2, 0) is 16.6 Å². The Balaban J connectivity index is 1.94. The van der Waals surface area contributed by atoms with Crippen molar-refractivity contribution >= 4 is 5.78 Å². The van der Waals surface area contributed by atoms with Gasteiger partial charge in [0.05, 0.1) is 11.5 Å². The van der Waals surface area contributed by atoms with Gasteiger partial charge in [-0.1, -0.05) is 17.3 Å². The van der Waals surface area contributed by atoms with E-state index in [2.05, 4.69) is 10.5 Å². The van der Waals surface area contributed by atoms with Crippen molar-refractivity contribution in [1.82, 2.24) is 5.32 Å². The minimum Gasteiger partial charge on any atom is -0.504 e. The zero-order chi connectivity index (χ0) is 15.1. The fourth-order valence-electron chi connectivity index (χ4n) is 4.96. The molecule has 5 rings (SSSR count). The maximum Gasteiger partial charge on any atom is 0.174 e. The number of nitrogens with one attached hydrogen (secondary N) is 1. The number of nitrogens with zero attached hydrogens (tertiary/aromatic N) is 1. The zero-order valence-electron chi connectivity index (χ0n) is 11.7. The van der Waals surface area contributed by atoms with Crippen LogP contribution < -0.4 is 10.1 Å². The number of Topliss-reactive ketones (excluding diaryl/α,β-unsaturated/α-hetero) is 1. The van der Waals surface area contributed by atoms with Crippen molar-refractivity contribution in [2.75, 3.05) is 0 Å². The van der Waals surface area contributed by atoms with E-state index in [1.807, 2.05) is 12.1 Å². The van der Waals surface area contributed by atoms with Gasteiger partial charge >= 0.3 is 0 Å². The van der Waals surface area contributed by atoms with Gasteiger partial charge in [0.2, 0.25) is 0 Å². The maximum atomic E-state index is 12.5. The van der Waals surface area contributed by atoms with Crippen LogP contribution >= 0.6 is 0 Å². The van der Waals surface area contributed by atoms with Crippen molar-refractivity contribution in [3.05, 3.63) is 40.4 Å². The third-order valence-electron chi connectivity index (χ3n) is 5.85. The van der Waals surface area contributed by atoms with Crippen LogP contribution in [0.25, 0.3) is 0 Å². The van der Waals surface area contributed by atoms with E-state index >= 15 is 0 Å². The molecule has 1 aromatic carbocycles. The number of phenolic OH excluding ortho intramolecular Hbond substituents is 1. The van der Waals surface area contributed by atoms with Gasteiger partial charge in [0.25, 0.3) is 0 Å². The summed E-state index contributed by atoms with van der Waals surface area (Å²) in [6, 6.07) is 3.29. The molecule has 22 heavy (non-hydrogen) atoms. The lowest BCUT2D eigenvalue weighted by molar-refractivity contribution is -0.133. The summed E-state index contributed by atoms with van der Waals surface area (Å²) >= 11 is 0. The number of carbonyl (C=O) groups excluding carboxylic acids is 1. The Morgan fingerprint density at radius 3 is 3.09 bits per heavy atom. The smallest absolute Gasteiger partial charge is 0.174 e. The van der Waals surface area contributed by atoms with Gasteiger partial charge in [-0.25, -0.2) is 0 Å². The molecule has 2 bridgehead atoms. The molecular formula is C16H14N2O4. The van der Waals surface area contributed by atoms with Crippen molar-refractivity contribution in [2.24, 2.45) is 5.18 Å². The van der Waals surface area contributed by atoms with Crippen LogP contribution in [0.4, 0.5) is 0 Å².